The lowest BCUT2D eigenvalue weighted by atomic mass is 10.1. The van der Waals surface area contributed by atoms with Crippen molar-refractivity contribution in [3.05, 3.63) is 91.7 Å². The zero-order chi connectivity index (χ0) is 27.9. The summed E-state index contributed by atoms with van der Waals surface area (Å²) in [5, 5.41) is 11.5. The number of para-hydroxylation sites is 1. The first kappa shape index (κ1) is 27.2. The van der Waals surface area contributed by atoms with Crippen molar-refractivity contribution >= 4 is 45.7 Å². The molecule has 4 aromatic rings. The van der Waals surface area contributed by atoms with Gasteiger partial charge in [0.1, 0.15) is 22.9 Å². The number of phenols is 1. The van der Waals surface area contributed by atoms with Gasteiger partial charge in [-0.3, -0.25) is 14.2 Å². The van der Waals surface area contributed by atoms with E-state index in [0.29, 0.717) is 0 Å². The van der Waals surface area contributed by atoms with Crippen LogP contribution in [0.15, 0.2) is 53.3 Å². The monoisotopic (exact) mass is 569 g/mol. The van der Waals surface area contributed by atoms with Crippen LogP contribution in [0.25, 0.3) is 10.9 Å². The number of phenolic OH excluding ortho intramolecular Hbond substituents is 1. The highest BCUT2D eigenvalue weighted by Crippen LogP contribution is 2.34. The first-order valence-electron chi connectivity index (χ1n) is 10.8. The van der Waals surface area contributed by atoms with Crippen LogP contribution in [0.3, 0.4) is 0 Å². The van der Waals surface area contributed by atoms with Gasteiger partial charge in [0.15, 0.2) is 5.75 Å². The summed E-state index contributed by atoms with van der Waals surface area (Å²) in [6.07, 6.45) is -4.97. The van der Waals surface area contributed by atoms with E-state index in [1.807, 2.05) is 0 Å². The summed E-state index contributed by atoms with van der Waals surface area (Å²) in [5.41, 5.74) is -1.34. The molecule has 1 aromatic heterocycles. The van der Waals surface area contributed by atoms with Gasteiger partial charge in [-0.05, 0) is 44.2 Å². The lowest BCUT2D eigenvalue weighted by molar-refractivity contribution is -0.275. The second-order valence-electron chi connectivity index (χ2n) is 8.16. The van der Waals surface area contributed by atoms with Crippen molar-refractivity contribution in [1.82, 2.24) is 9.55 Å². The summed E-state index contributed by atoms with van der Waals surface area (Å²) in [5.74, 6) is -2.58. The fourth-order valence-electron chi connectivity index (χ4n) is 4.01. The summed E-state index contributed by atoms with van der Waals surface area (Å²) in [7, 11) is 0. The van der Waals surface area contributed by atoms with E-state index < -0.39 is 41.2 Å². The van der Waals surface area contributed by atoms with E-state index >= 15 is 0 Å². The molecule has 7 nitrogen and oxygen atoms in total. The summed E-state index contributed by atoms with van der Waals surface area (Å²) in [6, 6.07) is 8.68. The van der Waals surface area contributed by atoms with E-state index in [-0.39, 0.29) is 43.6 Å². The van der Waals surface area contributed by atoms with Gasteiger partial charge in [0.25, 0.3) is 11.5 Å². The standard InChI is InChI=1S/C25H17Cl2F4N3O4/c1-11(14-5-3-4-6-19(14)38-25(29,30)31)34-12(2)32-21-17(28)7-8-18(20(21)24(34)37)33-23(36)13-9-15(26)22(35)16(27)10-13/h3-11,35H,1-2H3,(H,33,36)/t11-/m1/s1. The number of ether oxygens (including phenoxy) is 1. The van der Waals surface area contributed by atoms with Crippen molar-refractivity contribution in [2.75, 3.05) is 5.32 Å². The average Bonchev–Trinajstić information content (AvgIpc) is 2.83. The molecule has 2 N–H and O–H groups in total. The van der Waals surface area contributed by atoms with Crippen molar-refractivity contribution < 1.29 is 32.2 Å². The molecule has 0 aliphatic carbocycles. The minimum Gasteiger partial charge on any atom is -0.505 e. The van der Waals surface area contributed by atoms with Crippen molar-refractivity contribution in [1.29, 1.82) is 0 Å². The predicted molar refractivity (Wildman–Crippen MR) is 134 cm³/mol. The number of hydrogen-bond donors (Lipinski definition) is 2. The number of nitrogens with zero attached hydrogens (tertiary/aromatic N) is 2. The molecule has 38 heavy (non-hydrogen) atoms. The predicted octanol–water partition coefficient (Wildman–Crippen LogP) is 6.62. The maximum Gasteiger partial charge on any atom is 0.573 e. The molecule has 198 valence electrons. The summed E-state index contributed by atoms with van der Waals surface area (Å²) >= 11 is 11.8. The number of carbonyl (C=O) groups excluding carboxylic acids is 1. The van der Waals surface area contributed by atoms with Gasteiger partial charge in [-0.1, -0.05) is 41.4 Å². The number of benzene rings is 3. The summed E-state index contributed by atoms with van der Waals surface area (Å²) in [6.45, 7) is 2.86. The van der Waals surface area contributed by atoms with Gasteiger partial charge in [-0.15, -0.1) is 13.2 Å². The molecule has 1 atom stereocenters. The Bertz CT molecular complexity index is 1620. The molecule has 0 spiro atoms. The maximum absolute atomic E-state index is 14.7. The number of carbonyl (C=O) groups is 1. The van der Waals surface area contributed by atoms with E-state index in [9.17, 15) is 32.3 Å². The number of aromatic nitrogens is 2. The third-order valence-corrected chi connectivity index (χ3v) is 6.27. The van der Waals surface area contributed by atoms with Crippen LogP contribution in [0.5, 0.6) is 11.5 Å². The molecule has 3 aromatic carbocycles. The van der Waals surface area contributed by atoms with Gasteiger partial charge in [0.2, 0.25) is 0 Å². The molecular formula is C25H17Cl2F4N3O4. The highest BCUT2D eigenvalue weighted by Gasteiger charge is 2.33. The van der Waals surface area contributed by atoms with Crippen molar-refractivity contribution in [3.63, 3.8) is 0 Å². The number of nitrogens with one attached hydrogen (secondary N) is 1. The van der Waals surface area contributed by atoms with Gasteiger partial charge in [0.05, 0.1) is 27.2 Å². The second kappa shape index (κ2) is 10.1. The Labute approximate surface area is 222 Å². The molecular weight excluding hydrogens is 553 g/mol. The SMILES string of the molecule is Cc1nc2c(F)ccc(NC(=O)c3cc(Cl)c(O)c(Cl)c3)c2c(=O)n1[C@H](C)c1ccccc1OC(F)(F)F. The Morgan fingerprint density at radius 2 is 1.76 bits per heavy atom. The third kappa shape index (κ3) is 5.25. The molecule has 0 radical (unpaired) electrons. The number of alkyl halides is 3. The van der Waals surface area contributed by atoms with Gasteiger partial charge < -0.3 is 15.2 Å². The average molecular weight is 570 g/mol. The first-order valence-corrected chi connectivity index (χ1v) is 11.6. The van der Waals surface area contributed by atoms with E-state index in [4.69, 9.17) is 23.2 Å². The smallest absolute Gasteiger partial charge is 0.505 e. The molecule has 0 unspecified atom stereocenters. The number of fused-ring (bicyclic) bond motifs is 1. The van der Waals surface area contributed by atoms with Crippen molar-refractivity contribution in [2.45, 2.75) is 26.3 Å². The van der Waals surface area contributed by atoms with Crippen LogP contribution < -0.4 is 15.6 Å². The molecule has 0 aliphatic rings. The second-order valence-corrected chi connectivity index (χ2v) is 8.97. The van der Waals surface area contributed by atoms with Crippen LogP contribution in [0, 0.1) is 12.7 Å². The van der Waals surface area contributed by atoms with E-state index in [1.165, 1.54) is 32.0 Å². The van der Waals surface area contributed by atoms with Crippen LogP contribution >= 0.6 is 23.2 Å². The number of halogens is 6. The Balaban J connectivity index is 1.85. The number of rotatable bonds is 5. The third-order valence-electron chi connectivity index (χ3n) is 5.69. The summed E-state index contributed by atoms with van der Waals surface area (Å²) < 4.78 is 58.8. The number of hydrogen-bond acceptors (Lipinski definition) is 5. The summed E-state index contributed by atoms with van der Waals surface area (Å²) in [4.78, 5) is 30.7. The Kier molecular flexibility index (Phi) is 7.26. The largest absolute Gasteiger partial charge is 0.573 e. The Morgan fingerprint density at radius 1 is 1.13 bits per heavy atom. The molecule has 0 aliphatic heterocycles. The molecule has 1 heterocycles. The van der Waals surface area contributed by atoms with Gasteiger partial charge in [0, 0.05) is 11.1 Å². The van der Waals surface area contributed by atoms with Gasteiger partial charge in [-0.2, -0.15) is 0 Å². The minimum atomic E-state index is -4.97. The van der Waals surface area contributed by atoms with E-state index in [1.54, 1.807) is 0 Å². The van der Waals surface area contributed by atoms with Crippen molar-refractivity contribution in [2.24, 2.45) is 0 Å². The normalized spacial score (nSPS) is 12.4. The van der Waals surface area contributed by atoms with Gasteiger partial charge >= 0.3 is 6.36 Å². The maximum atomic E-state index is 14.7. The van der Waals surface area contributed by atoms with Gasteiger partial charge in [-0.25, -0.2) is 9.37 Å². The topological polar surface area (TPSA) is 93.5 Å². The quantitative estimate of drug-likeness (QED) is 0.263. The number of anilines is 1. The number of aryl methyl sites for hydroxylation is 1. The molecule has 13 heteroatoms. The van der Waals surface area contributed by atoms with E-state index in [0.717, 1.165) is 34.9 Å². The lowest BCUT2D eigenvalue weighted by Crippen LogP contribution is -2.29. The number of amides is 1. The fourth-order valence-corrected chi connectivity index (χ4v) is 4.50. The zero-order valence-corrected chi connectivity index (χ0v) is 21.0. The van der Waals surface area contributed by atoms with Crippen LogP contribution in [-0.2, 0) is 0 Å². The van der Waals surface area contributed by atoms with Crippen LogP contribution in [0.2, 0.25) is 10.0 Å². The lowest BCUT2D eigenvalue weighted by Gasteiger charge is -2.22. The Hall–Kier alpha value is -3.83. The highest BCUT2D eigenvalue weighted by molar-refractivity contribution is 6.37. The van der Waals surface area contributed by atoms with Crippen LogP contribution in [0.1, 0.15) is 34.7 Å². The highest BCUT2D eigenvalue weighted by atomic mass is 35.5. The molecule has 0 bridgehead atoms. The molecule has 0 saturated carbocycles. The Morgan fingerprint density at radius 3 is 2.39 bits per heavy atom. The van der Waals surface area contributed by atoms with Crippen LogP contribution in [-0.4, -0.2) is 26.9 Å². The van der Waals surface area contributed by atoms with Crippen LogP contribution in [0.4, 0.5) is 23.2 Å². The first-order chi connectivity index (χ1) is 17.8. The zero-order valence-electron chi connectivity index (χ0n) is 19.5. The molecule has 4 rings (SSSR count). The minimum absolute atomic E-state index is 0.0105. The fraction of sp³-hybridized carbons (Fsp3) is 0.160. The molecule has 0 fully saturated rings. The van der Waals surface area contributed by atoms with Crippen molar-refractivity contribution in [3.8, 4) is 11.5 Å². The van der Waals surface area contributed by atoms with E-state index in [2.05, 4.69) is 15.0 Å². The molecule has 0 saturated heterocycles. The molecule has 1 amide bonds. The number of aromatic hydroxyl groups is 1.